The predicted molar refractivity (Wildman–Crippen MR) is 118 cm³/mol. The number of carbonyl (C=O) groups excluding carboxylic acids is 2. The molecule has 1 N–H and O–H groups in total. The van der Waals surface area contributed by atoms with Crippen LogP contribution in [0, 0.1) is 0 Å². The van der Waals surface area contributed by atoms with Gasteiger partial charge in [0.2, 0.25) is 0 Å². The van der Waals surface area contributed by atoms with Gasteiger partial charge in [0.25, 0.3) is 0 Å². The highest BCUT2D eigenvalue weighted by Gasteiger charge is 2.39. The molecule has 4 rings (SSSR count). The molecule has 0 unspecified atom stereocenters. The summed E-state index contributed by atoms with van der Waals surface area (Å²) in [5.41, 5.74) is 3.86. The fourth-order valence-electron chi connectivity index (χ4n) is 4.85. The van der Waals surface area contributed by atoms with E-state index in [4.69, 9.17) is 9.47 Å². The molecule has 0 bridgehead atoms. The maximum absolute atomic E-state index is 13.4. The van der Waals surface area contributed by atoms with Crippen LogP contribution in [0.4, 0.5) is 0 Å². The smallest absolute Gasteiger partial charge is 0.337 e. The van der Waals surface area contributed by atoms with Gasteiger partial charge < -0.3 is 14.8 Å². The Morgan fingerprint density at radius 1 is 1.13 bits per heavy atom. The minimum absolute atomic E-state index is 0.0350. The Labute approximate surface area is 186 Å². The fraction of sp³-hybridized carbons (Fsp3) is 0.500. The van der Waals surface area contributed by atoms with Gasteiger partial charge in [0, 0.05) is 29.3 Å². The zero-order valence-electron chi connectivity index (χ0n) is 17.6. The molecule has 1 aliphatic heterocycles. The highest BCUT2D eigenvalue weighted by molar-refractivity contribution is 9.10. The van der Waals surface area contributed by atoms with Crippen LogP contribution in [0.5, 0.6) is 5.75 Å². The zero-order valence-corrected chi connectivity index (χ0v) is 19.1. The number of dihydropyridines is 1. The molecule has 1 heterocycles. The largest absolute Gasteiger partial charge is 0.496 e. The van der Waals surface area contributed by atoms with E-state index >= 15 is 0 Å². The summed E-state index contributed by atoms with van der Waals surface area (Å²) in [5.74, 6) is 0.0844. The summed E-state index contributed by atoms with van der Waals surface area (Å²) >= 11 is 3.55. The van der Waals surface area contributed by atoms with E-state index in [1.807, 2.05) is 25.1 Å². The summed E-state index contributed by atoms with van der Waals surface area (Å²) in [7, 11) is 1.62. The number of allylic oxidation sites excluding steroid dienone is 3. The lowest BCUT2D eigenvalue weighted by atomic mass is 9.75. The lowest BCUT2D eigenvalue weighted by Crippen LogP contribution is -2.35. The number of halogens is 1. The number of nitrogens with one attached hydrogen (secondary N) is 1. The summed E-state index contributed by atoms with van der Waals surface area (Å²) in [5, 5.41) is 3.36. The van der Waals surface area contributed by atoms with Crippen LogP contribution in [0.1, 0.15) is 69.8 Å². The number of methoxy groups -OCH3 is 1. The van der Waals surface area contributed by atoms with E-state index in [0.29, 0.717) is 23.3 Å². The first kappa shape index (κ1) is 21.2. The monoisotopic (exact) mass is 473 g/mol. The Bertz CT molecular complexity index is 927. The molecule has 2 aliphatic carbocycles. The quantitative estimate of drug-likeness (QED) is 0.600. The number of ketones is 1. The van der Waals surface area contributed by atoms with Gasteiger partial charge in [-0.3, -0.25) is 4.79 Å². The van der Waals surface area contributed by atoms with E-state index in [9.17, 15) is 9.59 Å². The van der Waals surface area contributed by atoms with Gasteiger partial charge in [-0.25, -0.2) is 4.79 Å². The summed E-state index contributed by atoms with van der Waals surface area (Å²) in [6, 6.07) is 5.75. The standard InChI is InChI=1S/C24H28BrNO4/c1-14-21(24(28)30-16-7-4-3-5-8-16)22(15-11-12-20(29-2)17(25)13-15)23-18(26-14)9-6-10-19(23)27/h11-13,16,22,26H,3-10H2,1-2H3/t22-/m0/s1. The van der Waals surface area contributed by atoms with Crippen LogP contribution in [0.25, 0.3) is 0 Å². The van der Waals surface area contributed by atoms with Crippen LogP contribution in [-0.4, -0.2) is 25.0 Å². The lowest BCUT2D eigenvalue weighted by Gasteiger charge is -2.35. The van der Waals surface area contributed by atoms with Gasteiger partial charge in [-0.05, 0) is 79.1 Å². The van der Waals surface area contributed by atoms with Crippen LogP contribution < -0.4 is 10.1 Å². The molecule has 30 heavy (non-hydrogen) atoms. The third-order valence-corrected chi connectivity index (χ3v) is 6.95. The van der Waals surface area contributed by atoms with Crippen molar-refractivity contribution in [3.05, 3.63) is 50.8 Å². The molecular weight excluding hydrogens is 446 g/mol. The highest BCUT2D eigenvalue weighted by Crippen LogP contribution is 2.44. The van der Waals surface area contributed by atoms with Crippen molar-refractivity contribution in [2.45, 2.75) is 70.3 Å². The maximum atomic E-state index is 13.4. The van der Waals surface area contributed by atoms with Crippen LogP contribution in [0.3, 0.4) is 0 Å². The summed E-state index contributed by atoms with van der Waals surface area (Å²) < 4.78 is 12.1. The Morgan fingerprint density at radius 3 is 2.60 bits per heavy atom. The third kappa shape index (κ3) is 4.07. The molecular formula is C24H28BrNO4. The molecule has 6 heteroatoms. The molecule has 160 valence electrons. The van der Waals surface area contributed by atoms with Crippen molar-refractivity contribution in [2.75, 3.05) is 7.11 Å². The van der Waals surface area contributed by atoms with Crippen LogP contribution in [0.2, 0.25) is 0 Å². The number of hydrogen-bond acceptors (Lipinski definition) is 5. The minimum Gasteiger partial charge on any atom is -0.496 e. The number of hydrogen-bond donors (Lipinski definition) is 1. The average Bonchev–Trinajstić information content (AvgIpc) is 2.73. The molecule has 0 amide bonds. The van der Waals surface area contributed by atoms with E-state index in [2.05, 4.69) is 21.2 Å². The molecule has 3 aliphatic rings. The third-order valence-electron chi connectivity index (χ3n) is 6.33. The second kappa shape index (κ2) is 8.96. The van der Waals surface area contributed by atoms with Crippen molar-refractivity contribution >= 4 is 27.7 Å². The first-order chi connectivity index (χ1) is 14.5. The SMILES string of the molecule is COc1ccc([C@H]2C(C(=O)OC3CCCCC3)=C(C)NC3=C2C(=O)CCC3)cc1Br. The molecule has 0 saturated heterocycles. The molecule has 0 radical (unpaired) electrons. The average molecular weight is 474 g/mol. The number of benzene rings is 1. The van der Waals surface area contributed by atoms with Gasteiger partial charge in [-0.2, -0.15) is 0 Å². The molecule has 1 aromatic carbocycles. The first-order valence-corrected chi connectivity index (χ1v) is 11.6. The zero-order chi connectivity index (χ0) is 21.3. The number of esters is 1. The van der Waals surface area contributed by atoms with E-state index < -0.39 is 5.92 Å². The summed E-state index contributed by atoms with van der Waals surface area (Å²) in [6.45, 7) is 1.91. The molecule has 1 aromatic rings. The summed E-state index contributed by atoms with van der Waals surface area (Å²) in [4.78, 5) is 26.3. The first-order valence-electron chi connectivity index (χ1n) is 10.8. The number of Topliss-reactive ketones (excluding diaryl/α,β-unsaturated/α-hetero) is 1. The Morgan fingerprint density at radius 2 is 1.90 bits per heavy atom. The van der Waals surface area contributed by atoms with Crippen molar-refractivity contribution in [3.8, 4) is 5.75 Å². The van der Waals surface area contributed by atoms with Crippen molar-refractivity contribution < 1.29 is 19.1 Å². The minimum atomic E-state index is -0.424. The summed E-state index contributed by atoms with van der Waals surface area (Å²) in [6.07, 6.45) is 7.34. The van der Waals surface area contributed by atoms with Crippen molar-refractivity contribution in [1.29, 1.82) is 0 Å². The predicted octanol–water partition coefficient (Wildman–Crippen LogP) is 5.30. The van der Waals surface area contributed by atoms with Crippen LogP contribution >= 0.6 is 15.9 Å². The Hall–Kier alpha value is -2.08. The Balaban J connectivity index is 1.75. The maximum Gasteiger partial charge on any atom is 0.337 e. The molecule has 0 aromatic heterocycles. The van der Waals surface area contributed by atoms with E-state index in [0.717, 1.165) is 60.0 Å². The van der Waals surface area contributed by atoms with Gasteiger partial charge in [-0.1, -0.05) is 12.5 Å². The van der Waals surface area contributed by atoms with Gasteiger partial charge >= 0.3 is 5.97 Å². The van der Waals surface area contributed by atoms with Gasteiger partial charge in [0.05, 0.1) is 17.2 Å². The van der Waals surface area contributed by atoms with Crippen LogP contribution in [-0.2, 0) is 14.3 Å². The fourth-order valence-corrected chi connectivity index (χ4v) is 5.41. The van der Waals surface area contributed by atoms with E-state index in [1.54, 1.807) is 7.11 Å². The second-order valence-electron chi connectivity index (χ2n) is 8.32. The highest BCUT2D eigenvalue weighted by atomic mass is 79.9. The lowest BCUT2D eigenvalue weighted by molar-refractivity contribution is -0.146. The number of carbonyl (C=O) groups is 2. The molecule has 0 spiro atoms. The topological polar surface area (TPSA) is 64.6 Å². The number of rotatable bonds is 4. The van der Waals surface area contributed by atoms with Crippen molar-refractivity contribution in [1.82, 2.24) is 5.32 Å². The second-order valence-corrected chi connectivity index (χ2v) is 9.18. The van der Waals surface area contributed by atoms with Gasteiger partial charge in [0.1, 0.15) is 11.9 Å². The molecule has 5 nitrogen and oxygen atoms in total. The van der Waals surface area contributed by atoms with Crippen LogP contribution in [0.15, 0.2) is 45.2 Å². The number of ether oxygens (including phenoxy) is 2. The van der Waals surface area contributed by atoms with Crippen molar-refractivity contribution in [3.63, 3.8) is 0 Å². The van der Waals surface area contributed by atoms with E-state index in [1.165, 1.54) is 6.42 Å². The van der Waals surface area contributed by atoms with Gasteiger partial charge in [0.15, 0.2) is 5.78 Å². The van der Waals surface area contributed by atoms with Gasteiger partial charge in [-0.15, -0.1) is 0 Å². The molecule has 1 saturated carbocycles. The normalized spacial score (nSPS) is 22.5. The molecule has 1 fully saturated rings. The van der Waals surface area contributed by atoms with E-state index in [-0.39, 0.29) is 17.9 Å². The molecule has 1 atom stereocenters. The Kier molecular flexibility index (Phi) is 6.32. The van der Waals surface area contributed by atoms with Crippen molar-refractivity contribution in [2.24, 2.45) is 0 Å².